The molecule has 20 heavy (non-hydrogen) atoms. The molecule has 112 valence electrons. The third-order valence-electron chi connectivity index (χ3n) is 1.94. The Hall–Kier alpha value is -1.84. The van der Waals surface area contributed by atoms with Crippen LogP contribution in [0.25, 0.3) is 0 Å². The summed E-state index contributed by atoms with van der Waals surface area (Å²) in [6.07, 6.45) is 5.54. The molecule has 0 aliphatic heterocycles. The number of hydrogen-bond donors (Lipinski definition) is 0. The van der Waals surface area contributed by atoms with Gasteiger partial charge in [0.25, 0.3) is 0 Å². The smallest absolute Gasteiger partial charge is 0.147 e. The zero-order valence-corrected chi connectivity index (χ0v) is 13.1. The fourth-order valence-electron chi connectivity index (χ4n) is 0.902. The van der Waals surface area contributed by atoms with Crippen molar-refractivity contribution in [2.24, 2.45) is 0 Å². The predicted octanol–water partition coefficient (Wildman–Crippen LogP) is 5.11. The first-order valence-electron chi connectivity index (χ1n) is 6.73. The van der Waals surface area contributed by atoms with Crippen molar-refractivity contribution in [3.05, 3.63) is 59.7 Å². The molecule has 0 N–H and O–H groups in total. The van der Waals surface area contributed by atoms with E-state index in [1.54, 1.807) is 12.4 Å². The van der Waals surface area contributed by atoms with E-state index in [0.29, 0.717) is 0 Å². The Kier molecular flexibility index (Phi) is 13.9. The molecule has 0 radical (unpaired) electrons. The van der Waals surface area contributed by atoms with Gasteiger partial charge in [-0.1, -0.05) is 27.7 Å². The van der Waals surface area contributed by atoms with E-state index >= 15 is 0 Å². The van der Waals surface area contributed by atoms with Crippen LogP contribution in [0.3, 0.4) is 0 Å². The first-order chi connectivity index (χ1) is 9.61. The molecule has 2 aromatic heterocycles. The van der Waals surface area contributed by atoms with Crippen LogP contribution in [0.2, 0.25) is 0 Å². The summed E-state index contributed by atoms with van der Waals surface area (Å²) in [6.45, 7) is 11.4. The van der Waals surface area contributed by atoms with Gasteiger partial charge in [0.2, 0.25) is 0 Å². The second-order valence-corrected chi connectivity index (χ2v) is 3.25. The minimum atomic E-state index is -0.602. The third-order valence-corrected chi connectivity index (χ3v) is 1.94. The molecule has 0 aliphatic rings. The number of halogens is 2. The zero-order chi connectivity index (χ0) is 16.0. The van der Waals surface area contributed by atoms with Gasteiger partial charge in [0.15, 0.2) is 0 Å². The lowest BCUT2D eigenvalue weighted by Gasteiger charge is -1.93. The highest BCUT2D eigenvalue weighted by Gasteiger charge is 2.00. The average Bonchev–Trinajstić information content (AvgIpc) is 2.50. The molecule has 4 heteroatoms. The van der Waals surface area contributed by atoms with E-state index in [1.165, 1.54) is 12.5 Å². The third kappa shape index (κ3) is 9.14. The van der Waals surface area contributed by atoms with Crippen LogP contribution < -0.4 is 0 Å². The molecule has 0 aliphatic carbocycles. The largest absolute Gasteiger partial charge is 0.265 e. The van der Waals surface area contributed by atoms with Gasteiger partial charge < -0.3 is 0 Å². The summed E-state index contributed by atoms with van der Waals surface area (Å²) in [6, 6.07) is 3.94. The predicted molar refractivity (Wildman–Crippen MR) is 80.6 cm³/mol. The Balaban J connectivity index is 0. The first kappa shape index (κ1) is 20.5. The van der Waals surface area contributed by atoms with E-state index in [2.05, 4.69) is 9.97 Å². The van der Waals surface area contributed by atoms with Crippen LogP contribution in [0.5, 0.6) is 0 Å². The van der Waals surface area contributed by atoms with Crippen LogP contribution in [-0.4, -0.2) is 9.97 Å². The van der Waals surface area contributed by atoms with Gasteiger partial charge in [0.1, 0.15) is 11.6 Å². The van der Waals surface area contributed by atoms with Gasteiger partial charge >= 0.3 is 0 Å². The van der Waals surface area contributed by atoms with E-state index in [0.717, 1.165) is 12.4 Å². The lowest BCUT2D eigenvalue weighted by Crippen LogP contribution is -1.88. The number of pyridine rings is 2. The lowest BCUT2D eigenvalue weighted by atomic mass is 10.3. The van der Waals surface area contributed by atoms with Crippen LogP contribution in [-0.2, 0) is 0 Å². The van der Waals surface area contributed by atoms with Crippen LogP contribution in [0, 0.1) is 25.5 Å². The van der Waals surface area contributed by atoms with Gasteiger partial charge in [0, 0.05) is 18.0 Å². The fraction of sp³-hybridized carbons (Fsp3) is 0.375. The van der Waals surface area contributed by atoms with Crippen LogP contribution in [0.4, 0.5) is 8.78 Å². The maximum atomic E-state index is 12.3. The van der Waals surface area contributed by atoms with Crippen molar-refractivity contribution in [1.29, 1.82) is 0 Å². The number of aryl methyl sites for hydroxylation is 1. The standard InChI is InChI=1S/C6H5F2N.C6H7N.2C2H6/c1-4-5(7)2-9-3-6(4)8;1-6-2-4-7-5-3-6;2*1-2/h2-3H,1H3;2-5H,1H3;2*1-2H3. The fourth-order valence-corrected chi connectivity index (χ4v) is 0.902. The zero-order valence-electron chi connectivity index (χ0n) is 13.1. The maximum Gasteiger partial charge on any atom is 0.147 e. The summed E-state index contributed by atoms with van der Waals surface area (Å²) in [5.41, 5.74) is 1.28. The van der Waals surface area contributed by atoms with Gasteiger partial charge in [-0.05, 0) is 31.5 Å². The van der Waals surface area contributed by atoms with Crippen molar-refractivity contribution in [2.75, 3.05) is 0 Å². The Morgan fingerprint density at radius 3 is 1.40 bits per heavy atom. The Morgan fingerprint density at radius 1 is 0.750 bits per heavy atom. The summed E-state index contributed by atoms with van der Waals surface area (Å²) in [4.78, 5) is 7.14. The molecule has 0 aromatic carbocycles. The van der Waals surface area contributed by atoms with Crippen LogP contribution in [0.15, 0.2) is 36.9 Å². The van der Waals surface area contributed by atoms with Crippen molar-refractivity contribution in [1.82, 2.24) is 9.97 Å². The second kappa shape index (κ2) is 13.6. The maximum absolute atomic E-state index is 12.3. The lowest BCUT2D eigenvalue weighted by molar-refractivity contribution is 0.558. The summed E-state index contributed by atoms with van der Waals surface area (Å²) >= 11 is 0. The molecule has 0 saturated heterocycles. The van der Waals surface area contributed by atoms with E-state index in [9.17, 15) is 8.78 Å². The quantitative estimate of drug-likeness (QED) is 0.671. The normalized spacial score (nSPS) is 8.00. The number of hydrogen-bond acceptors (Lipinski definition) is 2. The molecule has 2 heterocycles. The molecule has 2 aromatic rings. The summed E-state index contributed by atoms with van der Waals surface area (Å²) in [5.74, 6) is -1.20. The highest BCUT2D eigenvalue weighted by Crippen LogP contribution is 2.06. The van der Waals surface area contributed by atoms with Gasteiger partial charge in [-0.15, -0.1) is 0 Å². The highest BCUT2D eigenvalue weighted by molar-refractivity contribution is 5.11. The molecular weight excluding hydrogens is 258 g/mol. The number of nitrogens with zero attached hydrogens (tertiary/aromatic N) is 2. The molecule has 0 amide bonds. The molecule has 0 bridgehead atoms. The van der Waals surface area contributed by atoms with Crippen LogP contribution >= 0.6 is 0 Å². The highest BCUT2D eigenvalue weighted by atomic mass is 19.1. The monoisotopic (exact) mass is 282 g/mol. The van der Waals surface area contributed by atoms with Crippen molar-refractivity contribution in [2.45, 2.75) is 41.5 Å². The summed E-state index contributed by atoms with van der Waals surface area (Å²) in [7, 11) is 0. The van der Waals surface area contributed by atoms with E-state index in [-0.39, 0.29) is 5.56 Å². The molecule has 0 saturated carbocycles. The topological polar surface area (TPSA) is 25.8 Å². The van der Waals surface area contributed by atoms with Crippen molar-refractivity contribution in [3.8, 4) is 0 Å². The van der Waals surface area contributed by atoms with Crippen molar-refractivity contribution in [3.63, 3.8) is 0 Å². The van der Waals surface area contributed by atoms with E-state index < -0.39 is 11.6 Å². The van der Waals surface area contributed by atoms with Gasteiger partial charge in [-0.25, -0.2) is 8.78 Å². The van der Waals surface area contributed by atoms with Gasteiger partial charge in [-0.2, -0.15) is 0 Å². The second-order valence-electron chi connectivity index (χ2n) is 3.25. The van der Waals surface area contributed by atoms with Gasteiger partial charge in [0.05, 0.1) is 12.4 Å². The Bertz CT molecular complexity index is 425. The van der Waals surface area contributed by atoms with Gasteiger partial charge in [-0.3, -0.25) is 9.97 Å². The van der Waals surface area contributed by atoms with Crippen LogP contribution in [0.1, 0.15) is 38.8 Å². The van der Waals surface area contributed by atoms with Crippen molar-refractivity contribution < 1.29 is 8.78 Å². The summed E-state index contributed by atoms with van der Waals surface area (Å²) in [5, 5.41) is 0. The van der Waals surface area contributed by atoms with E-state index in [4.69, 9.17) is 0 Å². The molecule has 0 spiro atoms. The molecule has 0 unspecified atom stereocenters. The Morgan fingerprint density at radius 2 is 1.15 bits per heavy atom. The minimum absolute atomic E-state index is 0.0185. The SMILES string of the molecule is CC.CC.Cc1c(F)cncc1F.Cc1ccncc1. The molecular formula is C16H24F2N2. The van der Waals surface area contributed by atoms with Crippen molar-refractivity contribution >= 4 is 0 Å². The minimum Gasteiger partial charge on any atom is -0.265 e. The first-order valence-corrected chi connectivity index (χ1v) is 6.73. The molecule has 0 atom stereocenters. The van der Waals surface area contributed by atoms with E-state index in [1.807, 2.05) is 46.8 Å². The molecule has 2 rings (SSSR count). The average molecular weight is 282 g/mol. The number of aromatic nitrogens is 2. The molecule has 0 fully saturated rings. The summed E-state index contributed by atoms with van der Waals surface area (Å²) < 4.78 is 24.6. The molecule has 2 nitrogen and oxygen atoms in total. The Labute approximate surface area is 120 Å². The number of rotatable bonds is 0.